The van der Waals surface area contributed by atoms with Gasteiger partial charge in [0.2, 0.25) is 0 Å². The predicted molar refractivity (Wildman–Crippen MR) is 58.3 cm³/mol. The zero-order valence-corrected chi connectivity index (χ0v) is 9.23. The molecule has 1 aromatic heterocycles. The summed E-state index contributed by atoms with van der Waals surface area (Å²) in [6.07, 6.45) is 0. The Bertz CT molecular complexity index is 530. The van der Waals surface area contributed by atoms with E-state index in [-0.39, 0.29) is 15.7 Å². The van der Waals surface area contributed by atoms with Crippen molar-refractivity contribution in [2.24, 2.45) is 0 Å². The van der Waals surface area contributed by atoms with Gasteiger partial charge in [0.25, 0.3) is 0 Å². The number of methoxy groups -OCH3 is 1. The molecule has 15 heavy (non-hydrogen) atoms. The molecule has 5 heteroatoms. The van der Waals surface area contributed by atoms with Crippen LogP contribution in [0.15, 0.2) is 18.2 Å². The molecular formula is C10H6Cl2FNO. The lowest BCUT2D eigenvalue weighted by molar-refractivity contribution is 0.419. The van der Waals surface area contributed by atoms with Crippen LogP contribution in [0.25, 0.3) is 10.8 Å². The summed E-state index contributed by atoms with van der Waals surface area (Å²) >= 11 is 11.5. The highest BCUT2D eigenvalue weighted by Crippen LogP contribution is 2.33. The van der Waals surface area contributed by atoms with Gasteiger partial charge in [0, 0.05) is 5.39 Å². The maximum absolute atomic E-state index is 13.5. The number of aromatic nitrogens is 1. The van der Waals surface area contributed by atoms with Crippen LogP contribution < -0.4 is 4.74 Å². The SMILES string of the molecule is COc1ccc(F)c2c(Cl)nc(Cl)cc12. The minimum absolute atomic E-state index is 0.0360. The van der Waals surface area contributed by atoms with Crippen molar-refractivity contribution < 1.29 is 9.13 Å². The third kappa shape index (κ3) is 1.73. The van der Waals surface area contributed by atoms with E-state index in [9.17, 15) is 4.39 Å². The fourth-order valence-electron chi connectivity index (χ4n) is 1.41. The number of halogens is 3. The number of nitrogens with zero attached hydrogens (tertiary/aromatic N) is 1. The van der Waals surface area contributed by atoms with Crippen LogP contribution in [0.4, 0.5) is 4.39 Å². The minimum atomic E-state index is -0.444. The zero-order valence-electron chi connectivity index (χ0n) is 7.72. The van der Waals surface area contributed by atoms with Gasteiger partial charge in [-0.3, -0.25) is 0 Å². The molecule has 0 atom stereocenters. The molecule has 2 aromatic rings. The molecule has 2 rings (SSSR count). The third-order valence-electron chi connectivity index (χ3n) is 2.05. The number of hydrogen-bond acceptors (Lipinski definition) is 2. The van der Waals surface area contributed by atoms with Crippen molar-refractivity contribution in [2.75, 3.05) is 7.11 Å². The molecule has 2 nitrogen and oxygen atoms in total. The molecular weight excluding hydrogens is 240 g/mol. The van der Waals surface area contributed by atoms with Gasteiger partial charge in [-0.25, -0.2) is 9.37 Å². The van der Waals surface area contributed by atoms with Gasteiger partial charge >= 0.3 is 0 Å². The monoisotopic (exact) mass is 245 g/mol. The van der Waals surface area contributed by atoms with E-state index in [0.29, 0.717) is 11.1 Å². The summed E-state index contributed by atoms with van der Waals surface area (Å²) in [6, 6.07) is 4.32. The summed E-state index contributed by atoms with van der Waals surface area (Å²) in [5, 5.41) is 0.980. The Morgan fingerprint density at radius 1 is 1.33 bits per heavy atom. The van der Waals surface area contributed by atoms with Gasteiger partial charge in [-0.2, -0.15) is 0 Å². The van der Waals surface area contributed by atoms with Crippen molar-refractivity contribution in [2.45, 2.75) is 0 Å². The first-order valence-corrected chi connectivity index (χ1v) is 4.87. The minimum Gasteiger partial charge on any atom is -0.496 e. The molecule has 0 aliphatic heterocycles. The summed E-state index contributed by atoms with van der Waals surface area (Å²) in [4.78, 5) is 3.77. The van der Waals surface area contributed by atoms with Crippen molar-refractivity contribution in [1.82, 2.24) is 4.98 Å². The summed E-state index contributed by atoms with van der Waals surface area (Å²) in [5.41, 5.74) is 0. The normalized spacial score (nSPS) is 10.7. The molecule has 0 radical (unpaired) electrons. The van der Waals surface area contributed by atoms with E-state index >= 15 is 0 Å². The quantitative estimate of drug-likeness (QED) is 0.716. The molecule has 1 heterocycles. The topological polar surface area (TPSA) is 22.1 Å². The average Bonchev–Trinajstić information content (AvgIpc) is 2.17. The Kier molecular flexibility index (Phi) is 2.67. The van der Waals surface area contributed by atoms with E-state index in [1.807, 2.05) is 0 Å². The van der Waals surface area contributed by atoms with Crippen LogP contribution >= 0.6 is 23.2 Å². The number of pyridine rings is 1. The Morgan fingerprint density at radius 3 is 2.73 bits per heavy atom. The van der Waals surface area contributed by atoms with Crippen LogP contribution in [0.1, 0.15) is 0 Å². The highest BCUT2D eigenvalue weighted by Gasteiger charge is 2.12. The lowest BCUT2D eigenvalue weighted by Gasteiger charge is -2.07. The predicted octanol–water partition coefficient (Wildman–Crippen LogP) is 3.69. The fraction of sp³-hybridized carbons (Fsp3) is 0.100. The largest absolute Gasteiger partial charge is 0.496 e. The highest BCUT2D eigenvalue weighted by atomic mass is 35.5. The average molecular weight is 246 g/mol. The molecule has 0 unspecified atom stereocenters. The number of fused-ring (bicyclic) bond motifs is 1. The molecule has 0 aliphatic rings. The molecule has 78 valence electrons. The molecule has 1 aromatic carbocycles. The van der Waals surface area contributed by atoms with Crippen molar-refractivity contribution >= 4 is 34.0 Å². The van der Waals surface area contributed by atoms with Crippen LogP contribution in [-0.4, -0.2) is 12.1 Å². The lowest BCUT2D eigenvalue weighted by Crippen LogP contribution is -1.90. The van der Waals surface area contributed by atoms with Gasteiger partial charge in [0.1, 0.15) is 21.9 Å². The number of rotatable bonds is 1. The standard InChI is InChI=1S/C10H6Cl2FNO/c1-15-7-3-2-6(13)9-5(7)4-8(11)14-10(9)12/h2-4H,1H3. The molecule has 0 amide bonds. The smallest absolute Gasteiger partial charge is 0.141 e. The molecule has 0 aliphatic carbocycles. The molecule has 0 N–H and O–H groups in total. The second kappa shape index (κ2) is 3.83. The fourth-order valence-corrected chi connectivity index (χ4v) is 1.93. The van der Waals surface area contributed by atoms with E-state index in [1.165, 1.54) is 25.3 Å². The van der Waals surface area contributed by atoms with E-state index in [4.69, 9.17) is 27.9 Å². The molecule has 0 spiro atoms. The van der Waals surface area contributed by atoms with E-state index < -0.39 is 5.82 Å². The zero-order chi connectivity index (χ0) is 11.0. The first-order valence-electron chi connectivity index (χ1n) is 4.11. The van der Waals surface area contributed by atoms with E-state index in [0.717, 1.165) is 0 Å². The Balaban J connectivity index is 2.93. The Hall–Kier alpha value is -1.06. The number of benzene rings is 1. The number of hydrogen-bond donors (Lipinski definition) is 0. The lowest BCUT2D eigenvalue weighted by atomic mass is 10.1. The van der Waals surface area contributed by atoms with Crippen LogP contribution in [-0.2, 0) is 0 Å². The van der Waals surface area contributed by atoms with Gasteiger partial charge < -0.3 is 4.74 Å². The second-order valence-corrected chi connectivity index (χ2v) is 3.65. The Labute approximate surface area is 95.6 Å². The summed E-state index contributed by atoms with van der Waals surface area (Å²) in [6.45, 7) is 0. The van der Waals surface area contributed by atoms with Crippen LogP contribution in [0.3, 0.4) is 0 Å². The summed E-state index contributed by atoms with van der Waals surface area (Å²) in [7, 11) is 1.49. The molecule has 0 fully saturated rings. The summed E-state index contributed by atoms with van der Waals surface area (Å²) < 4.78 is 18.6. The van der Waals surface area contributed by atoms with Crippen LogP contribution in [0, 0.1) is 5.82 Å². The van der Waals surface area contributed by atoms with E-state index in [1.54, 1.807) is 0 Å². The van der Waals surface area contributed by atoms with Gasteiger partial charge in [-0.1, -0.05) is 23.2 Å². The molecule has 0 saturated heterocycles. The van der Waals surface area contributed by atoms with Crippen molar-refractivity contribution in [1.29, 1.82) is 0 Å². The van der Waals surface area contributed by atoms with Crippen molar-refractivity contribution in [3.8, 4) is 5.75 Å². The first-order chi connectivity index (χ1) is 7.13. The summed E-state index contributed by atoms with van der Waals surface area (Å²) in [5.74, 6) is 0.0672. The molecule has 0 bridgehead atoms. The van der Waals surface area contributed by atoms with Gasteiger partial charge in [0.15, 0.2) is 0 Å². The van der Waals surface area contributed by atoms with Crippen LogP contribution in [0.5, 0.6) is 5.75 Å². The van der Waals surface area contributed by atoms with Crippen molar-refractivity contribution in [3.63, 3.8) is 0 Å². The molecule has 0 saturated carbocycles. The maximum atomic E-state index is 13.5. The van der Waals surface area contributed by atoms with Crippen LogP contribution in [0.2, 0.25) is 10.3 Å². The Morgan fingerprint density at radius 2 is 2.07 bits per heavy atom. The third-order valence-corrected chi connectivity index (χ3v) is 2.52. The number of ether oxygens (including phenoxy) is 1. The maximum Gasteiger partial charge on any atom is 0.141 e. The van der Waals surface area contributed by atoms with Gasteiger partial charge in [-0.15, -0.1) is 0 Å². The van der Waals surface area contributed by atoms with Gasteiger partial charge in [0.05, 0.1) is 12.5 Å². The van der Waals surface area contributed by atoms with Crippen molar-refractivity contribution in [3.05, 3.63) is 34.3 Å². The highest BCUT2D eigenvalue weighted by molar-refractivity contribution is 6.36. The second-order valence-electron chi connectivity index (χ2n) is 2.91. The van der Waals surface area contributed by atoms with E-state index in [2.05, 4.69) is 4.98 Å². The van der Waals surface area contributed by atoms with Gasteiger partial charge in [-0.05, 0) is 18.2 Å². The first kappa shape index (κ1) is 10.5.